The number of nitrogens with zero attached hydrogens (tertiary/aromatic N) is 3. The first-order chi connectivity index (χ1) is 12.7. The third-order valence-corrected chi connectivity index (χ3v) is 5.01. The van der Waals surface area contributed by atoms with Crippen LogP contribution < -0.4 is 5.32 Å². The highest BCUT2D eigenvalue weighted by molar-refractivity contribution is 8.00. The Kier molecular flexibility index (Phi) is 4.53. The maximum atomic E-state index is 12.3. The van der Waals surface area contributed by atoms with Gasteiger partial charge < -0.3 is 10.3 Å². The minimum atomic E-state index is -0.317. The molecule has 0 saturated carbocycles. The standard InChI is InChI=1S/C19H17N5OS/c1-12(18(25)20-11-13-7-3-2-4-8-13)26-19-22-17-16(23-24-19)14-9-5-6-10-15(14)21-17/h2-10,12H,11H2,1H3,(H,20,25)(H,21,22,24)/t12-/m0/s1. The fourth-order valence-electron chi connectivity index (χ4n) is 2.70. The van der Waals surface area contributed by atoms with E-state index in [4.69, 9.17) is 0 Å². The predicted octanol–water partition coefficient (Wildman–Crippen LogP) is 3.30. The average Bonchev–Trinajstić information content (AvgIpc) is 3.04. The molecule has 2 N–H and O–H groups in total. The van der Waals surface area contributed by atoms with Gasteiger partial charge >= 0.3 is 0 Å². The molecule has 130 valence electrons. The zero-order valence-electron chi connectivity index (χ0n) is 14.1. The van der Waals surface area contributed by atoms with Crippen LogP contribution in [0, 0.1) is 0 Å². The summed E-state index contributed by atoms with van der Waals surface area (Å²) in [5.41, 5.74) is 3.46. The van der Waals surface area contributed by atoms with Crippen molar-refractivity contribution in [1.82, 2.24) is 25.5 Å². The third kappa shape index (κ3) is 3.39. The van der Waals surface area contributed by atoms with Crippen LogP contribution in [-0.2, 0) is 11.3 Å². The fraction of sp³-hybridized carbons (Fsp3) is 0.158. The van der Waals surface area contributed by atoms with Crippen molar-refractivity contribution in [3.8, 4) is 0 Å². The first kappa shape index (κ1) is 16.5. The molecule has 2 aromatic heterocycles. The van der Waals surface area contributed by atoms with Gasteiger partial charge in [-0.05, 0) is 18.6 Å². The lowest BCUT2D eigenvalue weighted by atomic mass is 10.2. The van der Waals surface area contributed by atoms with E-state index in [1.54, 1.807) is 0 Å². The molecule has 2 aromatic carbocycles. The lowest BCUT2D eigenvalue weighted by molar-refractivity contribution is -0.120. The number of aromatic nitrogens is 4. The Morgan fingerprint density at radius 1 is 1.12 bits per heavy atom. The van der Waals surface area contributed by atoms with E-state index in [9.17, 15) is 4.79 Å². The summed E-state index contributed by atoms with van der Waals surface area (Å²) in [4.78, 5) is 20.1. The van der Waals surface area contributed by atoms with Gasteiger partial charge in [0.15, 0.2) is 5.65 Å². The molecule has 0 radical (unpaired) electrons. The molecule has 0 bridgehead atoms. The van der Waals surface area contributed by atoms with Crippen molar-refractivity contribution in [2.24, 2.45) is 0 Å². The SMILES string of the molecule is C[C@H](Sc1nnc2c(n1)[nH]c1ccccc12)C(=O)NCc1ccccc1. The van der Waals surface area contributed by atoms with Crippen molar-refractivity contribution >= 4 is 39.7 Å². The van der Waals surface area contributed by atoms with Crippen molar-refractivity contribution in [3.63, 3.8) is 0 Å². The average molecular weight is 363 g/mol. The molecule has 6 nitrogen and oxygen atoms in total. The second-order valence-corrected chi connectivity index (χ2v) is 7.23. The summed E-state index contributed by atoms with van der Waals surface area (Å²) in [6.45, 7) is 2.34. The normalized spacial score (nSPS) is 12.3. The number of nitrogens with one attached hydrogen (secondary N) is 2. The van der Waals surface area contributed by atoms with Crippen LogP contribution in [0.3, 0.4) is 0 Å². The number of carbonyl (C=O) groups excluding carboxylic acids is 1. The van der Waals surface area contributed by atoms with Crippen LogP contribution in [0.1, 0.15) is 12.5 Å². The number of benzene rings is 2. The van der Waals surface area contributed by atoms with E-state index in [2.05, 4.69) is 25.5 Å². The number of hydrogen-bond acceptors (Lipinski definition) is 5. The van der Waals surface area contributed by atoms with Gasteiger partial charge in [-0.2, -0.15) is 0 Å². The predicted molar refractivity (Wildman–Crippen MR) is 103 cm³/mol. The Balaban J connectivity index is 1.45. The molecule has 1 amide bonds. The summed E-state index contributed by atoms with van der Waals surface area (Å²) in [6, 6.07) is 17.7. The number of amides is 1. The Labute approximate surface area is 154 Å². The molecule has 2 heterocycles. The van der Waals surface area contributed by atoms with Gasteiger partial charge in [0.2, 0.25) is 11.1 Å². The zero-order chi connectivity index (χ0) is 17.9. The molecule has 4 rings (SSSR count). The number of thioether (sulfide) groups is 1. The third-order valence-electron chi connectivity index (χ3n) is 4.06. The number of aromatic amines is 1. The Hall–Kier alpha value is -2.93. The van der Waals surface area contributed by atoms with Gasteiger partial charge in [-0.3, -0.25) is 4.79 Å². The number of hydrogen-bond donors (Lipinski definition) is 2. The number of carbonyl (C=O) groups is 1. The molecular formula is C19H17N5OS. The smallest absolute Gasteiger partial charge is 0.233 e. The molecule has 4 aromatic rings. The molecule has 7 heteroatoms. The Bertz CT molecular complexity index is 1060. The van der Waals surface area contributed by atoms with Gasteiger partial charge in [-0.1, -0.05) is 60.3 Å². The van der Waals surface area contributed by atoms with Crippen LogP contribution in [-0.4, -0.2) is 31.3 Å². The molecule has 0 aliphatic rings. The summed E-state index contributed by atoms with van der Waals surface area (Å²) in [7, 11) is 0. The second kappa shape index (κ2) is 7.13. The summed E-state index contributed by atoms with van der Waals surface area (Å²) >= 11 is 1.29. The van der Waals surface area contributed by atoms with Gasteiger partial charge in [0, 0.05) is 17.4 Å². The van der Waals surface area contributed by atoms with E-state index < -0.39 is 0 Å². The highest BCUT2D eigenvalue weighted by atomic mass is 32.2. The van der Waals surface area contributed by atoms with Crippen LogP contribution in [0.4, 0.5) is 0 Å². The Morgan fingerprint density at radius 3 is 2.73 bits per heavy atom. The summed E-state index contributed by atoms with van der Waals surface area (Å²) in [6.07, 6.45) is 0. The molecule has 0 aliphatic carbocycles. The van der Waals surface area contributed by atoms with E-state index >= 15 is 0 Å². The maximum absolute atomic E-state index is 12.3. The minimum Gasteiger partial charge on any atom is -0.351 e. The van der Waals surface area contributed by atoms with Crippen LogP contribution >= 0.6 is 11.8 Å². The molecule has 0 fully saturated rings. The summed E-state index contributed by atoms with van der Waals surface area (Å²) in [5, 5.41) is 12.5. The minimum absolute atomic E-state index is 0.0563. The van der Waals surface area contributed by atoms with Gasteiger partial charge in [0.05, 0.1) is 5.25 Å². The van der Waals surface area contributed by atoms with E-state index in [0.717, 1.165) is 22.0 Å². The van der Waals surface area contributed by atoms with E-state index in [1.807, 2.05) is 61.5 Å². The molecule has 0 aliphatic heterocycles. The summed E-state index contributed by atoms with van der Waals surface area (Å²) in [5.74, 6) is -0.0563. The number of H-pyrrole nitrogens is 1. The van der Waals surface area contributed by atoms with E-state index in [1.165, 1.54) is 11.8 Å². The van der Waals surface area contributed by atoms with Crippen molar-refractivity contribution in [2.75, 3.05) is 0 Å². The van der Waals surface area contributed by atoms with Gasteiger partial charge in [0.25, 0.3) is 0 Å². The Morgan fingerprint density at radius 2 is 1.88 bits per heavy atom. The number of para-hydroxylation sites is 1. The van der Waals surface area contributed by atoms with Crippen LogP contribution in [0.15, 0.2) is 59.8 Å². The lowest BCUT2D eigenvalue weighted by Crippen LogP contribution is -2.30. The first-order valence-electron chi connectivity index (χ1n) is 8.30. The van der Waals surface area contributed by atoms with Crippen molar-refractivity contribution in [3.05, 3.63) is 60.2 Å². The molecule has 0 unspecified atom stereocenters. The number of rotatable bonds is 5. The van der Waals surface area contributed by atoms with Crippen LogP contribution in [0.2, 0.25) is 0 Å². The molecule has 26 heavy (non-hydrogen) atoms. The molecular weight excluding hydrogens is 346 g/mol. The van der Waals surface area contributed by atoms with E-state index in [0.29, 0.717) is 17.3 Å². The fourth-order valence-corrected chi connectivity index (χ4v) is 3.43. The highest BCUT2D eigenvalue weighted by Gasteiger charge is 2.17. The molecule has 0 saturated heterocycles. The van der Waals surface area contributed by atoms with E-state index in [-0.39, 0.29) is 11.2 Å². The topological polar surface area (TPSA) is 83.6 Å². The highest BCUT2D eigenvalue weighted by Crippen LogP contribution is 2.24. The van der Waals surface area contributed by atoms with Gasteiger partial charge in [-0.25, -0.2) is 4.98 Å². The second-order valence-electron chi connectivity index (χ2n) is 5.93. The monoisotopic (exact) mass is 363 g/mol. The maximum Gasteiger partial charge on any atom is 0.233 e. The largest absolute Gasteiger partial charge is 0.351 e. The van der Waals surface area contributed by atoms with Gasteiger partial charge in [-0.15, -0.1) is 10.2 Å². The zero-order valence-corrected chi connectivity index (χ0v) is 15.0. The van der Waals surface area contributed by atoms with Crippen molar-refractivity contribution in [1.29, 1.82) is 0 Å². The first-order valence-corrected chi connectivity index (χ1v) is 9.18. The number of fused-ring (bicyclic) bond motifs is 3. The van der Waals surface area contributed by atoms with Crippen LogP contribution in [0.25, 0.3) is 22.1 Å². The van der Waals surface area contributed by atoms with Gasteiger partial charge in [0.1, 0.15) is 5.52 Å². The van der Waals surface area contributed by atoms with Crippen LogP contribution in [0.5, 0.6) is 0 Å². The summed E-state index contributed by atoms with van der Waals surface area (Å²) < 4.78 is 0. The van der Waals surface area contributed by atoms with Crippen molar-refractivity contribution < 1.29 is 4.79 Å². The molecule has 0 spiro atoms. The molecule has 1 atom stereocenters. The van der Waals surface area contributed by atoms with Crippen molar-refractivity contribution in [2.45, 2.75) is 23.9 Å². The quantitative estimate of drug-likeness (QED) is 0.532. The lowest BCUT2D eigenvalue weighted by Gasteiger charge is -2.10.